The average molecular weight is 292 g/mol. The van der Waals surface area contributed by atoms with Gasteiger partial charge in [0.15, 0.2) is 0 Å². The number of piperidine rings is 1. The van der Waals surface area contributed by atoms with Crippen LogP contribution in [0.25, 0.3) is 11.0 Å². The maximum Gasteiger partial charge on any atom is 0.125 e. The number of fused-ring (bicyclic) bond motifs is 1. The van der Waals surface area contributed by atoms with Crippen molar-refractivity contribution in [2.24, 2.45) is 0 Å². The maximum absolute atomic E-state index is 6.13. The summed E-state index contributed by atoms with van der Waals surface area (Å²) in [6, 6.07) is 7.64. The summed E-state index contributed by atoms with van der Waals surface area (Å²) in [7, 11) is 2.21. The highest BCUT2D eigenvalue weighted by Crippen LogP contribution is 2.31. The van der Waals surface area contributed by atoms with E-state index < -0.39 is 0 Å². The van der Waals surface area contributed by atoms with E-state index in [4.69, 9.17) is 16.6 Å². The topological polar surface area (TPSA) is 21.1 Å². The minimum atomic E-state index is 0.481. The van der Waals surface area contributed by atoms with Gasteiger partial charge in [-0.25, -0.2) is 4.98 Å². The number of benzene rings is 1. The van der Waals surface area contributed by atoms with Crippen molar-refractivity contribution in [3.05, 3.63) is 29.6 Å². The van der Waals surface area contributed by atoms with Crippen molar-refractivity contribution in [1.82, 2.24) is 14.5 Å². The second kappa shape index (κ2) is 5.38. The molecule has 108 valence electrons. The Morgan fingerprint density at radius 1 is 1.40 bits per heavy atom. The quantitative estimate of drug-likeness (QED) is 0.786. The van der Waals surface area contributed by atoms with Gasteiger partial charge in [-0.15, -0.1) is 11.6 Å². The molecule has 1 aromatic heterocycles. The molecular formula is C16H22ClN3. The predicted molar refractivity (Wildman–Crippen MR) is 84.4 cm³/mol. The lowest BCUT2D eigenvalue weighted by molar-refractivity contribution is 0.157. The van der Waals surface area contributed by atoms with Crippen molar-refractivity contribution in [1.29, 1.82) is 0 Å². The van der Waals surface area contributed by atoms with Crippen LogP contribution in [-0.2, 0) is 5.88 Å². The Labute approximate surface area is 125 Å². The van der Waals surface area contributed by atoms with E-state index in [0.717, 1.165) is 17.9 Å². The number of halogens is 1. The minimum absolute atomic E-state index is 0.481. The van der Waals surface area contributed by atoms with Gasteiger partial charge in [-0.2, -0.15) is 0 Å². The zero-order valence-corrected chi connectivity index (χ0v) is 13.2. The van der Waals surface area contributed by atoms with E-state index in [9.17, 15) is 0 Å². The normalized spacial score (nSPS) is 24.4. The molecule has 0 amide bonds. The van der Waals surface area contributed by atoms with Crippen LogP contribution in [0.1, 0.15) is 37.2 Å². The molecule has 0 spiro atoms. The van der Waals surface area contributed by atoms with Crippen LogP contribution in [0.2, 0.25) is 0 Å². The average Bonchev–Trinajstić information content (AvgIpc) is 2.79. The largest absolute Gasteiger partial charge is 0.324 e. The Morgan fingerprint density at radius 2 is 2.20 bits per heavy atom. The van der Waals surface area contributed by atoms with Crippen LogP contribution in [0.15, 0.2) is 18.2 Å². The molecule has 3 nitrogen and oxygen atoms in total. The van der Waals surface area contributed by atoms with E-state index in [-0.39, 0.29) is 0 Å². The number of nitrogens with zero attached hydrogens (tertiary/aromatic N) is 3. The highest BCUT2D eigenvalue weighted by Gasteiger charge is 2.26. The first-order chi connectivity index (χ1) is 9.60. The first kappa shape index (κ1) is 13.9. The van der Waals surface area contributed by atoms with Gasteiger partial charge in [0.25, 0.3) is 0 Å². The molecule has 4 heteroatoms. The summed E-state index contributed by atoms with van der Waals surface area (Å²) in [5.41, 5.74) is 3.56. The lowest BCUT2D eigenvalue weighted by atomic mass is 9.98. The van der Waals surface area contributed by atoms with Gasteiger partial charge in [0.2, 0.25) is 0 Å². The van der Waals surface area contributed by atoms with Gasteiger partial charge in [0.05, 0.1) is 16.9 Å². The van der Waals surface area contributed by atoms with Gasteiger partial charge in [0.1, 0.15) is 5.82 Å². The summed E-state index contributed by atoms with van der Waals surface area (Å²) in [6.45, 7) is 5.55. The molecule has 0 bridgehead atoms. The van der Waals surface area contributed by atoms with Crippen LogP contribution < -0.4 is 0 Å². The molecule has 1 fully saturated rings. The predicted octanol–water partition coefficient (Wildman–Crippen LogP) is 3.74. The van der Waals surface area contributed by atoms with Gasteiger partial charge in [-0.1, -0.05) is 6.07 Å². The molecule has 3 rings (SSSR count). The number of likely N-dealkylation sites (tertiary alicyclic amines) is 1. The van der Waals surface area contributed by atoms with Crippen molar-refractivity contribution < 1.29 is 0 Å². The molecule has 1 aromatic carbocycles. The Bertz CT molecular complexity index is 619. The van der Waals surface area contributed by atoms with Gasteiger partial charge in [-0.05, 0) is 51.4 Å². The van der Waals surface area contributed by atoms with Crippen LogP contribution in [0, 0.1) is 6.92 Å². The van der Waals surface area contributed by atoms with Crippen LogP contribution in [-0.4, -0.2) is 34.1 Å². The van der Waals surface area contributed by atoms with Crippen LogP contribution in [0.5, 0.6) is 0 Å². The summed E-state index contributed by atoms with van der Waals surface area (Å²) in [5.74, 6) is 1.49. The fourth-order valence-corrected chi connectivity index (χ4v) is 3.45. The summed E-state index contributed by atoms with van der Waals surface area (Å²) in [4.78, 5) is 7.16. The standard InChI is InChI=1S/C16H22ClN3/c1-11-4-5-15-14(8-11)18-16(10-17)20(15)13-6-7-19(3)12(2)9-13/h4-5,8,12-13H,6-7,9-10H2,1-3H3. The van der Waals surface area contributed by atoms with Gasteiger partial charge >= 0.3 is 0 Å². The molecule has 0 aliphatic carbocycles. The van der Waals surface area contributed by atoms with Crippen molar-refractivity contribution in [2.75, 3.05) is 13.6 Å². The summed E-state index contributed by atoms with van der Waals surface area (Å²) in [5, 5.41) is 0. The SMILES string of the molecule is Cc1ccc2c(c1)nc(CCl)n2C1CCN(C)C(C)C1. The number of rotatable bonds is 2. The first-order valence-corrected chi connectivity index (χ1v) is 7.87. The highest BCUT2D eigenvalue weighted by molar-refractivity contribution is 6.16. The monoisotopic (exact) mass is 291 g/mol. The Hall–Kier alpha value is -1.06. The third-order valence-corrected chi connectivity index (χ3v) is 4.82. The molecular weight excluding hydrogens is 270 g/mol. The van der Waals surface area contributed by atoms with E-state index in [2.05, 4.69) is 48.6 Å². The zero-order valence-electron chi connectivity index (χ0n) is 12.4. The summed E-state index contributed by atoms with van der Waals surface area (Å²) >= 11 is 6.13. The fourth-order valence-electron chi connectivity index (χ4n) is 3.26. The Kier molecular flexibility index (Phi) is 3.74. The van der Waals surface area contributed by atoms with Gasteiger partial charge < -0.3 is 9.47 Å². The van der Waals surface area contributed by atoms with E-state index in [1.54, 1.807) is 0 Å². The van der Waals surface area contributed by atoms with E-state index in [1.165, 1.54) is 23.9 Å². The van der Waals surface area contributed by atoms with Crippen LogP contribution >= 0.6 is 11.6 Å². The molecule has 1 aliphatic heterocycles. The number of aryl methyl sites for hydroxylation is 1. The zero-order chi connectivity index (χ0) is 14.3. The second-order valence-corrected chi connectivity index (χ2v) is 6.30. The minimum Gasteiger partial charge on any atom is -0.324 e. The highest BCUT2D eigenvalue weighted by atomic mass is 35.5. The summed E-state index contributed by atoms with van der Waals surface area (Å²) in [6.07, 6.45) is 2.34. The van der Waals surface area contributed by atoms with Gasteiger partial charge in [0, 0.05) is 18.6 Å². The third-order valence-electron chi connectivity index (χ3n) is 4.58. The van der Waals surface area contributed by atoms with Crippen molar-refractivity contribution in [2.45, 2.75) is 44.7 Å². The second-order valence-electron chi connectivity index (χ2n) is 6.03. The summed E-state index contributed by atoms with van der Waals surface area (Å²) < 4.78 is 2.38. The van der Waals surface area contributed by atoms with Crippen molar-refractivity contribution in [3.8, 4) is 0 Å². The number of hydrogen-bond acceptors (Lipinski definition) is 2. The molecule has 0 radical (unpaired) electrons. The van der Waals surface area contributed by atoms with Crippen LogP contribution in [0.4, 0.5) is 0 Å². The molecule has 2 unspecified atom stereocenters. The molecule has 20 heavy (non-hydrogen) atoms. The first-order valence-electron chi connectivity index (χ1n) is 7.34. The van der Waals surface area contributed by atoms with E-state index >= 15 is 0 Å². The maximum atomic E-state index is 6.13. The number of aromatic nitrogens is 2. The fraction of sp³-hybridized carbons (Fsp3) is 0.562. The lowest BCUT2D eigenvalue weighted by Crippen LogP contribution is -2.38. The smallest absolute Gasteiger partial charge is 0.125 e. The number of imidazole rings is 1. The Balaban J connectivity index is 2.05. The number of hydrogen-bond donors (Lipinski definition) is 0. The molecule has 2 atom stereocenters. The van der Waals surface area contributed by atoms with Crippen LogP contribution in [0.3, 0.4) is 0 Å². The van der Waals surface area contributed by atoms with Crippen molar-refractivity contribution >= 4 is 22.6 Å². The molecule has 2 aromatic rings. The molecule has 2 heterocycles. The number of alkyl halides is 1. The lowest BCUT2D eigenvalue weighted by Gasteiger charge is -2.36. The van der Waals surface area contributed by atoms with E-state index in [0.29, 0.717) is 18.0 Å². The van der Waals surface area contributed by atoms with E-state index in [1.807, 2.05) is 0 Å². The molecule has 0 saturated carbocycles. The Morgan fingerprint density at radius 3 is 2.90 bits per heavy atom. The molecule has 0 N–H and O–H groups in total. The third kappa shape index (κ3) is 2.33. The van der Waals surface area contributed by atoms with Crippen molar-refractivity contribution in [3.63, 3.8) is 0 Å². The molecule has 1 aliphatic rings. The van der Waals surface area contributed by atoms with Gasteiger partial charge in [-0.3, -0.25) is 0 Å². The molecule has 1 saturated heterocycles.